The summed E-state index contributed by atoms with van der Waals surface area (Å²) in [7, 11) is 0. The van der Waals surface area contributed by atoms with E-state index in [0.29, 0.717) is 19.3 Å². The molecule has 0 aromatic heterocycles. The van der Waals surface area contributed by atoms with Crippen LogP contribution in [-0.2, 0) is 27.3 Å². The first kappa shape index (κ1) is 28.3. The lowest BCUT2D eigenvalue weighted by atomic mass is 10.1. The first-order chi connectivity index (χ1) is 15.6. The molecule has 0 radical (unpaired) electrons. The van der Waals surface area contributed by atoms with Gasteiger partial charge in [-0.3, -0.25) is 4.90 Å². The van der Waals surface area contributed by atoms with Gasteiger partial charge in [-0.2, -0.15) is 0 Å². The molecule has 3 unspecified atom stereocenters. The lowest BCUT2D eigenvalue weighted by molar-refractivity contribution is -0.0705. The number of nitrogens with zero attached hydrogens (tertiary/aromatic N) is 2. The van der Waals surface area contributed by atoms with Crippen LogP contribution in [0.1, 0.15) is 51.2 Å². The van der Waals surface area contributed by atoms with Crippen molar-refractivity contribution in [1.82, 2.24) is 15.5 Å². The van der Waals surface area contributed by atoms with Gasteiger partial charge in [0, 0.05) is 45.9 Å². The average Bonchev–Trinajstić information content (AvgIpc) is 3.28. The van der Waals surface area contributed by atoms with Crippen LogP contribution in [0, 0.1) is 0 Å². The fourth-order valence-corrected chi connectivity index (χ4v) is 4.40. The first-order valence-corrected chi connectivity index (χ1v) is 12.3. The Bertz CT molecular complexity index is 690. The van der Waals surface area contributed by atoms with Gasteiger partial charge in [-0.1, -0.05) is 24.3 Å². The van der Waals surface area contributed by atoms with Gasteiger partial charge in [-0.15, -0.1) is 24.0 Å². The molecule has 3 atom stereocenters. The van der Waals surface area contributed by atoms with E-state index in [-0.39, 0.29) is 36.2 Å². The van der Waals surface area contributed by atoms with Crippen LogP contribution in [0.25, 0.3) is 0 Å². The molecular weight excluding hydrogens is 531 g/mol. The maximum Gasteiger partial charge on any atom is 0.191 e. The number of rotatable bonds is 11. The standard InChI is InChI=1S/C25H42N4O3.HI/c1-4-26-25(27-12-8-13-30-19-24-11-7-14-31-24)28-15-22-9-5-6-10-23(22)18-29-16-20(2)32-21(3)17-29;/h5-6,9-10,20-21,24H,4,7-8,11-19H2,1-3H3,(H2,26,27,28);1H. The van der Waals surface area contributed by atoms with Crippen molar-refractivity contribution in [2.45, 2.75) is 71.4 Å². The Morgan fingerprint density at radius 1 is 1.15 bits per heavy atom. The van der Waals surface area contributed by atoms with Crippen molar-refractivity contribution in [3.05, 3.63) is 35.4 Å². The molecule has 0 spiro atoms. The minimum atomic E-state index is 0. The molecule has 2 aliphatic heterocycles. The van der Waals surface area contributed by atoms with Gasteiger partial charge in [0.25, 0.3) is 0 Å². The maximum atomic E-state index is 5.88. The molecule has 2 fully saturated rings. The number of morpholine rings is 1. The zero-order valence-corrected chi connectivity index (χ0v) is 22.9. The Labute approximate surface area is 217 Å². The Kier molecular flexibility index (Phi) is 13.6. The van der Waals surface area contributed by atoms with Crippen molar-refractivity contribution in [3.8, 4) is 0 Å². The summed E-state index contributed by atoms with van der Waals surface area (Å²) in [4.78, 5) is 7.33. The lowest BCUT2D eigenvalue weighted by Crippen LogP contribution is -2.44. The molecule has 8 heteroatoms. The van der Waals surface area contributed by atoms with Gasteiger partial charge in [-0.05, 0) is 51.2 Å². The van der Waals surface area contributed by atoms with E-state index in [1.807, 2.05) is 0 Å². The molecule has 1 aromatic rings. The van der Waals surface area contributed by atoms with Crippen molar-refractivity contribution in [2.24, 2.45) is 4.99 Å². The molecule has 2 heterocycles. The highest BCUT2D eigenvalue weighted by molar-refractivity contribution is 14.0. The van der Waals surface area contributed by atoms with Crippen LogP contribution >= 0.6 is 24.0 Å². The minimum absolute atomic E-state index is 0. The van der Waals surface area contributed by atoms with Gasteiger partial charge in [0.1, 0.15) is 0 Å². The van der Waals surface area contributed by atoms with Crippen LogP contribution < -0.4 is 10.6 Å². The SMILES string of the molecule is CCNC(=NCc1ccccc1CN1CC(C)OC(C)C1)NCCCOCC1CCCO1.I. The second kappa shape index (κ2) is 15.9. The molecule has 33 heavy (non-hydrogen) atoms. The Morgan fingerprint density at radius 2 is 1.91 bits per heavy atom. The van der Waals surface area contributed by atoms with Crippen molar-refractivity contribution < 1.29 is 14.2 Å². The van der Waals surface area contributed by atoms with Crippen LogP contribution in [-0.4, -0.2) is 75.2 Å². The van der Waals surface area contributed by atoms with Gasteiger partial charge in [-0.25, -0.2) is 4.99 Å². The highest BCUT2D eigenvalue weighted by Crippen LogP contribution is 2.17. The molecule has 3 rings (SSSR count). The van der Waals surface area contributed by atoms with E-state index in [1.165, 1.54) is 11.1 Å². The molecular formula is C25H43IN4O3. The van der Waals surface area contributed by atoms with E-state index in [0.717, 1.165) is 71.2 Å². The second-order valence-corrected chi connectivity index (χ2v) is 8.91. The highest BCUT2D eigenvalue weighted by atomic mass is 127. The Hall–Kier alpha value is -0.940. The summed E-state index contributed by atoms with van der Waals surface area (Å²) in [6, 6.07) is 8.64. The summed E-state index contributed by atoms with van der Waals surface area (Å²) in [5.74, 6) is 0.857. The third kappa shape index (κ3) is 10.5. The largest absolute Gasteiger partial charge is 0.379 e. The molecule has 7 nitrogen and oxygen atoms in total. The summed E-state index contributed by atoms with van der Waals surface area (Å²) in [6.45, 7) is 14.0. The van der Waals surface area contributed by atoms with Gasteiger partial charge < -0.3 is 24.8 Å². The van der Waals surface area contributed by atoms with Gasteiger partial charge in [0.05, 0.1) is 31.5 Å². The predicted molar refractivity (Wildman–Crippen MR) is 144 cm³/mol. The van der Waals surface area contributed by atoms with Gasteiger partial charge >= 0.3 is 0 Å². The third-order valence-electron chi connectivity index (χ3n) is 5.84. The van der Waals surface area contributed by atoms with Crippen molar-refractivity contribution in [2.75, 3.05) is 46.0 Å². The number of benzene rings is 1. The van der Waals surface area contributed by atoms with E-state index >= 15 is 0 Å². The van der Waals surface area contributed by atoms with E-state index in [9.17, 15) is 0 Å². The summed E-state index contributed by atoms with van der Waals surface area (Å²) in [6.07, 6.45) is 4.09. The molecule has 0 saturated carbocycles. The monoisotopic (exact) mass is 574 g/mol. The topological polar surface area (TPSA) is 67.4 Å². The predicted octanol–water partition coefficient (Wildman–Crippen LogP) is 3.55. The second-order valence-electron chi connectivity index (χ2n) is 8.91. The molecule has 0 bridgehead atoms. The van der Waals surface area contributed by atoms with E-state index in [1.54, 1.807) is 0 Å². The fourth-order valence-electron chi connectivity index (χ4n) is 4.40. The number of nitrogens with one attached hydrogen (secondary N) is 2. The summed E-state index contributed by atoms with van der Waals surface area (Å²) < 4.78 is 17.2. The van der Waals surface area contributed by atoms with Gasteiger partial charge in [0.15, 0.2) is 5.96 Å². The molecule has 0 amide bonds. The van der Waals surface area contributed by atoms with Crippen LogP contribution in [0.3, 0.4) is 0 Å². The minimum Gasteiger partial charge on any atom is -0.379 e. The number of aliphatic imine (C=N–C) groups is 1. The first-order valence-electron chi connectivity index (χ1n) is 12.3. The quantitative estimate of drug-likeness (QED) is 0.183. The van der Waals surface area contributed by atoms with Crippen LogP contribution in [0.2, 0.25) is 0 Å². The van der Waals surface area contributed by atoms with E-state index in [2.05, 4.69) is 60.6 Å². The molecule has 2 N–H and O–H groups in total. The number of guanidine groups is 1. The van der Waals surface area contributed by atoms with Crippen molar-refractivity contribution in [1.29, 1.82) is 0 Å². The zero-order chi connectivity index (χ0) is 22.6. The number of halogens is 1. The lowest BCUT2D eigenvalue weighted by Gasteiger charge is -2.35. The molecule has 1 aromatic carbocycles. The number of hydrogen-bond acceptors (Lipinski definition) is 5. The fraction of sp³-hybridized carbons (Fsp3) is 0.720. The zero-order valence-electron chi connectivity index (χ0n) is 20.6. The Morgan fingerprint density at radius 3 is 2.61 bits per heavy atom. The smallest absolute Gasteiger partial charge is 0.191 e. The normalized spacial score (nSPS) is 23.8. The van der Waals surface area contributed by atoms with Crippen LogP contribution in [0.5, 0.6) is 0 Å². The van der Waals surface area contributed by atoms with E-state index < -0.39 is 0 Å². The van der Waals surface area contributed by atoms with Crippen LogP contribution in [0.4, 0.5) is 0 Å². The average molecular weight is 575 g/mol. The highest BCUT2D eigenvalue weighted by Gasteiger charge is 2.22. The van der Waals surface area contributed by atoms with Crippen molar-refractivity contribution in [3.63, 3.8) is 0 Å². The molecule has 2 aliphatic rings. The summed E-state index contributed by atoms with van der Waals surface area (Å²) in [5, 5.41) is 6.78. The summed E-state index contributed by atoms with van der Waals surface area (Å²) in [5.41, 5.74) is 2.62. The molecule has 188 valence electrons. The number of hydrogen-bond donors (Lipinski definition) is 2. The molecule has 0 aliphatic carbocycles. The molecule has 2 saturated heterocycles. The van der Waals surface area contributed by atoms with Crippen LogP contribution in [0.15, 0.2) is 29.3 Å². The van der Waals surface area contributed by atoms with Crippen molar-refractivity contribution >= 4 is 29.9 Å². The number of ether oxygens (including phenoxy) is 3. The van der Waals surface area contributed by atoms with Gasteiger partial charge in [0.2, 0.25) is 0 Å². The van der Waals surface area contributed by atoms with E-state index in [4.69, 9.17) is 19.2 Å². The Balaban J connectivity index is 0.00000385. The maximum absolute atomic E-state index is 5.88. The third-order valence-corrected chi connectivity index (χ3v) is 5.84. The summed E-state index contributed by atoms with van der Waals surface area (Å²) >= 11 is 0.